The smallest absolute Gasteiger partial charge is 0.375 e. The molecule has 9 nitrogen and oxygen atoms in total. The number of nitrogens with one attached hydrogen (secondary N) is 2. The fourth-order valence-corrected chi connectivity index (χ4v) is 4.32. The molecule has 0 saturated heterocycles. The summed E-state index contributed by atoms with van der Waals surface area (Å²) < 4.78 is 40.1. The predicted octanol–water partition coefficient (Wildman–Crippen LogP) is 3.91. The maximum atomic E-state index is 13.4. The molecule has 0 saturated carbocycles. The lowest BCUT2D eigenvalue weighted by atomic mass is 9.96. The minimum absolute atomic E-state index is 0.393. The largest absolute Gasteiger partial charge is 0.417 e. The predicted molar refractivity (Wildman–Crippen MR) is 144 cm³/mol. The maximum absolute atomic E-state index is 13.4. The van der Waals surface area contributed by atoms with E-state index in [2.05, 4.69) is 42.3 Å². The summed E-state index contributed by atoms with van der Waals surface area (Å²) in [6.07, 6.45) is -0.0937. The summed E-state index contributed by atoms with van der Waals surface area (Å²) in [6, 6.07) is 5.18. The number of fused-ring (bicyclic) bond motifs is 1. The molecule has 0 radical (unpaired) electrons. The fraction of sp³-hybridized carbons (Fsp3) is 0.462. The summed E-state index contributed by atoms with van der Waals surface area (Å²) in [7, 11) is 7.81. The van der Waals surface area contributed by atoms with Gasteiger partial charge in [-0.25, -0.2) is 19.9 Å². The van der Waals surface area contributed by atoms with E-state index in [0.29, 0.717) is 36.1 Å². The van der Waals surface area contributed by atoms with Gasteiger partial charge in [0.2, 0.25) is 5.95 Å². The highest BCUT2D eigenvalue weighted by Gasteiger charge is 2.35. The van der Waals surface area contributed by atoms with E-state index < -0.39 is 17.7 Å². The van der Waals surface area contributed by atoms with Crippen molar-refractivity contribution in [3.8, 4) is 0 Å². The Bertz CT molecular complexity index is 1230. The summed E-state index contributed by atoms with van der Waals surface area (Å²) in [6.45, 7) is 5.66. The van der Waals surface area contributed by atoms with E-state index in [-0.39, 0.29) is 0 Å². The van der Waals surface area contributed by atoms with Gasteiger partial charge in [0.15, 0.2) is 0 Å². The van der Waals surface area contributed by atoms with Crippen molar-refractivity contribution in [1.82, 2.24) is 24.8 Å². The van der Waals surface area contributed by atoms with Crippen molar-refractivity contribution in [2.45, 2.75) is 25.6 Å². The molecule has 0 bridgehead atoms. The van der Waals surface area contributed by atoms with E-state index in [0.717, 1.165) is 49.0 Å². The Hall–Kier alpha value is -3.67. The Balaban J connectivity index is 1.52. The fourth-order valence-electron chi connectivity index (χ4n) is 4.32. The Morgan fingerprint density at radius 1 is 1.03 bits per heavy atom. The first-order valence-corrected chi connectivity index (χ1v) is 12.5. The van der Waals surface area contributed by atoms with Crippen molar-refractivity contribution in [1.29, 1.82) is 0 Å². The van der Waals surface area contributed by atoms with Gasteiger partial charge >= 0.3 is 6.18 Å². The summed E-state index contributed by atoms with van der Waals surface area (Å²) in [4.78, 5) is 24.0. The summed E-state index contributed by atoms with van der Waals surface area (Å²) in [5.41, 5.74) is 2.03. The van der Waals surface area contributed by atoms with Crippen LogP contribution in [0.2, 0.25) is 0 Å². The number of halogens is 3. The third-order valence-corrected chi connectivity index (χ3v) is 6.49. The van der Waals surface area contributed by atoms with Crippen LogP contribution in [0.1, 0.15) is 35.2 Å². The highest BCUT2D eigenvalue weighted by Crippen LogP contribution is 2.40. The second kappa shape index (κ2) is 11.4. The van der Waals surface area contributed by atoms with Crippen LogP contribution in [0.15, 0.2) is 36.8 Å². The van der Waals surface area contributed by atoms with E-state index in [1.54, 1.807) is 6.20 Å². The quantitative estimate of drug-likeness (QED) is 0.406. The van der Waals surface area contributed by atoms with Gasteiger partial charge in [0.25, 0.3) is 0 Å². The lowest BCUT2D eigenvalue weighted by molar-refractivity contribution is -0.137. The van der Waals surface area contributed by atoms with Crippen molar-refractivity contribution in [2.75, 3.05) is 74.8 Å². The van der Waals surface area contributed by atoms with Crippen LogP contribution in [-0.2, 0) is 12.7 Å². The molecule has 1 aliphatic rings. The molecule has 1 atom stereocenters. The van der Waals surface area contributed by atoms with Crippen molar-refractivity contribution < 1.29 is 13.2 Å². The van der Waals surface area contributed by atoms with E-state index in [1.165, 1.54) is 0 Å². The van der Waals surface area contributed by atoms with Gasteiger partial charge in [-0.05, 0) is 38.7 Å². The second-order valence-corrected chi connectivity index (χ2v) is 9.71. The summed E-state index contributed by atoms with van der Waals surface area (Å²) in [5.74, 6) is 1.36. The highest BCUT2D eigenvalue weighted by molar-refractivity contribution is 5.62. The van der Waals surface area contributed by atoms with Crippen LogP contribution >= 0.6 is 0 Å². The molecule has 0 aromatic carbocycles. The van der Waals surface area contributed by atoms with Gasteiger partial charge in [-0.15, -0.1) is 0 Å². The molecule has 12 heteroatoms. The molecule has 0 fully saturated rings. The van der Waals surface area contributed by atoms with E-state index in [9.17, 15) is 13.2 Å². The lowest BCUT2D eigenvalue weighted by Gasteiger charge is -2.24. The van der Waals surface area contributed by atoms with Crippen LogP contribution in [0.3, 0.4) is 0 Å². The van der Waals surface area contributed by atoms with Crippen molar-refractivity contribution in [2.24, 2.45) is 0 Å². The Kier molecular flexibility index (Phi) is 8.20. The zero-order chi connectivity index (χ0) is 27.4. The number of likely N-dealkylation sites (N-methyl/N-ethyl adjacent to an activating group) is 2. The van der Waals surface area contributed by atoms with Gasteiger partial charge in [-0.3, -0.25) is 0 Å². The van der Waals surface area contributed by atoms with Crippen LogP contribution < -0.4 is 20.4 Å². The molecule has 0 amide bonds. The van der Waals surface area contributed by atoms with E-state index in [4.69, 9.17) is 4.98 Å². The average Bonchev–Trinajstić information content (AvgIpc) is 3.31. The van der Waals surface area contributed by atoms with Gasteiger partial charge in [0, 0.05) is 70.7 Å². The molecule has 3 aromatic rings. The SMILES string of the molecule is CCN(CCN(C)C)c1ccc(CNc2ncc(N(C)C)c(C3CNc4ncc(C(F)(F)F)cc43)n2)cn1. The van der Waals surface area contributed by atoms with Crippen LogP contribution in [0.5, 0.6) is 0 Å². The summed E-state index contributed by atoms with van der Waals surface area (Å²) >= 11 is 0. The highest BCUT2D eigenvalue weighted by atomic mass is 19.4. The zero-order valence-electron chi connectivity index (χ0n) is 22.3. The van der Waals surface area contributed by atoms with E-state index >= 15 is 0 Å². The van der Waals surface area contributed by atoms with Crippen LogP contribution in [0, 0.1) is 0 Å². The van der Waals surface area contributed by atoms with E-state index in [1.807, 2.05) is 51.4 Å². The topological polar surface area (TPSA) is 85.3 Å². The molecule has 2 N–H and O–H groups in total. The normalized spacial score (nSPS) is 14.8. The molecular formula is C26H34F3N9. The Labute approximate surface area is 221 Å². The third kappa shape index (κ3) is 6.24. The van der Waals surface area contributed by atoms with Crippen molar-refractivity contribution in [3.05, 3.63) is 59.2 Å². The van der Waals surface area contributed by atoms with Gasteiger partial charge in [-0.1, -0.05) is 6.07 Å². The van der Waals surface area contributed by atoms with Crippen molar-refractivity contribution >= 4 is 23.3 Å². The minimum atomic E-state index is -4.47. The lowest BCUT2D eigenvalue weighted by Crippen LogP contribution is -2.32. The van der Waals surface area contributed by atoms with Gasteiger partial charge < -0.3 is 25.3 Å². The average molecular weight is 530 g/mol. The maximum Gasteiger partial charge on any atom is 0.417 e. The molecule has 38 heavy (non-hydrogen) atoms. The molecule has 3 aromatic heterocycles. The molecule has 4 rings (SSSR count). The molecule has 0 aliphatic carbocycles. The Morgan fingerprint density at radius 3 is 2.45 bits per heavy atom. The van der Waals surface area contributed by atoms with Crippen LogP contribution in [-0.4, -0.2) is 79.2 Å². The number of aromatic nitrogens is 4. The first kappa shape index (κ1) is 27.4. The first-order valence-electron chi connectivity index (χ1n) is 12.5. The Morgan fingerprint density at radius 2 is 1.82 bits per heavy atom. The molecule has 4 heterocycles. The molecule has 204 valence electrons. The molecule has 0 spiro atoms. The molecule has 1 aliphatic heterocycles. The van der Waals surface area contributed by atoms with Crippen LogP contribution in [0.4, 0.5) is 36.4 Å². The summed E-state index contributed by atoms with van der Waals surface area (Å²) in [5, 5.41) is 6.35. The number of rotatable bonds is 10. The number of alkyl halides is 3. The van der Waals surface area contributed by atoms with Crippen molar-refractivity contribution in [3.63, 3.8) is 0 Å². The van der Waals surface area contributed by atoms with Gasteiger partial charge in [0.1, 0.15) is 11.6 Å². The first-order chi connectivity index (χ1) is 18.1. The van der Waals surface area contributed by atoms with Gasteiger partial charge in [-0.2, -0.15) is 13.2 Å². The third-order valence-electron chi connectivity index (χ3n) is 6.49. The number of pyridine rings is 2. The number of anilines is 4. The molecular weight excluding hydrogens is 495 g/mol. The second-order valence-electron chi connectivity index (χ2n) is 9.71. The number of nitrogens with zero attached hydrogens (tertiary/aromatic N) is 7. The zero-order valence-corrected chi connectivity index (χ0v) is 22.3. The molecule has 1 unspecified atom stereocenters. The van der Waals surface area contributed by atoms with Crippen LogP contribution in [0.25, 0.3) is 0 Å². The standard InChI is InChI=1S/C26H34F3N9/c1-6-38(10-9-36(2)3)22-8-7-17(12-30-22)13-33-25-34-16-21(37(4)5)23(35-25)20-15-32-24-19(20)11-18(14-31-24)26(27,28)29/h7-8,11-12,14,16,20H,6,9-10,13,15H2,1-5H3,(H,31,32)(H,33,34,35). The minimum Gasteiger partial charge on any atom is -0.375 e. The monoisotopic (exact) mass is 529 g/mol. The van der Waals surface area contributed by atoms with Gasteiger partial charge in [0.05, 0.1) is 23.1 Å². The number of hydrogen-bond acceptors (Lipinski definition) is 9. The number of hydrogen-bond donors (Lipinski definition) is 2.